The van der Waals surface area contributed by atoms with Crippen LogP contribution in [0.3, 0.4) is 0 Å². The van der Waals surface area contributed by atoms with E-state index in [1.807, 2.05) is 64.1 Å². The standard InChI is InChI=1S/C22H30N2O3/c1-15(2)11-12-22(16(3)4)19(25)18(14-24-22)21(23,20(26)27-5)13-17-9-7-6-8-10-17/h6-11,14,16,24H,12-13,23H2,1-5H3/t21?,22-/m0/s1. The minimum absolute atomic E-state index is 0.0213. The molecule has 0 aromatic heterocycles. The molecule has 1 heterocycles. The van der Waals surface area contributed by atoms with Crippen molar-refractivity contribution in [2.45, 2.75) is 51.6 Å². The zero-order valence-corrected chi connectivity index (χ0v) is 16.8. The van der Waals surface area contributed by atoms with Crippen molar-refractivity contribution in [1.82, 2.24) is 5.32 Å². The monoisotopic (exact) mass is 370 g/mol. The largest absolute Gasteiger partial charge is 0.467 e. The molecule has 0 saturated carbocycles. The Morgan fingerprint density at radius 2 is 1.93 bits per heavy atom. The second-order valence-corrected chi connectivity index (χ2v) is 7.77. The highest BCUT2D eigenvalue weighted by atomic mass is 16.5. The lowest BCUT2D eigenvalue weighted by atomic mass is 9.74. The number of ether oxygens (including phenoxy) is 1. The SMILES string of the molecule is COC(=O)C(N)(Cc1ccccc1)C1=CN[C@@](CC=C(C)C)(C(C)C)C1=O. The number of methoxy groups -OCH3 is 1. The second-order valence-electron chi connectivity index (χ2n) is 7.77. The molecule has 1 unspecified atom stereocenters. The highest BCUT2D eigenvalue weighted by Crippen LogP contribution is 2.36. The van der Waals surface area contributed by atoms with E-state index in [4.69, 9.17) is 10.5 Å². The number of hydrogen-bond acceptors (Lipinski definition) is 5. The third-order valence-corrected chi connectivity index (χ3v) is 5.30. The summed E-state index contributed by atoms with van der Waals surface area (Å²) in [5.41, 5.74) is 6.47. The third kappa shape index (κ3) is 3.98. The molecule has 27 heavy (non-hydrogen) atoms. The van der Waals surface area contributed by atoms with Crippen molar-refractivity contribution in [2.75, 3.05) is 7.11 Å². The molecule has 3 N–H and O–H groups in total. The van der Waals surface area contributed by atoms with Crippen LogP contribution < -0.4 is 11.1 Å². The van der Waals surface area contributed by atoms with E-state index < -0.39 is 17.0 Å². The van der Waals surface area contributed by atoms with Crippen molar-refractivity contribution in [3.8, 4) is 0 Å². The van der Waals surface area contributed by atoms with Gasteiger partial charge >= 0.3 is 5.97 Å². The van der Waals surface area contributed by atoms with E-state index in [1.165, 1.54) is 7.11 Å². The zero-order valence-electron chi connectivity index (χ0n) is 16.8. The first-order chi connectivity index (χ1) is 12.7. The highest BCUT2D eigenvalue weighted by Gasteiger charge is 2.53. The molecule has 0 amide bonds. The van der Waals surface area contributed by atoms with Crippen molar-refractivity contribution < 1.29 is 14.3 Å². The van der Waals surface area contributed by atoms with Crippen molar-refractivity contribution in [1.29, 1.82) is 0 Å². The number of carbonyl (C=O) groups excluding carboxylic acids is 2. The van der Waals surface area contributed by atoms with E-state index in [-0.39, 0.29) is 23.7 Å². The lowest BCUT2D eigenvalue weighted by molar-refractivity contribution is -0.146. The van der Waals surface area contributed by atoms with Gasteiger partial charge < -0.3 is 15.8 Å². The Balaban J connectivity index is 2.44. The molecular weight excluding hydrogens is 340 g/mol. The van der Waals surface area contributed by atoms with Crippen LogP contribution in [0.25, 0.3) is 0 Å². The average molecular weight is 370 g/mol. The average Bonchev–Trinajstić information content (AvgIpc) is 2.98. The predicted molar refractivity (Wildman–Crippen MR) is 107 cm³/mol. The van der Waals surface area contributed by atoms with E-state index in [0.29, 0.717) is 6.42 Å². The van der Waals surface area contributed by atoms with Crippen molar-refractivity contribution >= 4 is 11.8 Å². The van der Waals surface area contributed by atoms with Crippen LogP contribution in [0.1, 0.15) is 39.7 Å². The number of hydrogen-bond donors (Lipinski definition) is 2. The fourth-order valence-corrected chi connectivity index (χ4v) is 3.46. The summed E-state index contributed by atoms with van der Waals surface area (Å²) in [4.78, 5) is 26.1. The molecule has 0 fully saturated rings. The molecule has 5 heteroatoms. The molecule has 1 aromatic carbocycles. The molecule has 2 rings (SSSR count). The van der Waals surface area contributed by atoms with Gasteiger partial charge in [0.25, 0.3) is 0 Å². The van der Waals surface area contributed by atoms with Gasteiger partial charge in [0.1, 0.15) is 11.1 Å². The van der Waals surface area contributed by atoms with Gasteiger partial charge in [-0.3, -0.25) is 4.79 Å². The molecule has 0 spiro atoms. The molecule has 5 nitrogen and oxygen atoms in total. The number of Topliss-reactive ketones (excluding diaryl/α,β-unsaturated/α-hetero) is 1. The van der Waals surface area contributed by atoms with Crippen LogP contribution in [0.5, 0.6) is 0 Å². The van der Waals surface area contributed by atoms with Crippen LogP contribution in [0.4, 0.5) is 0 Å². The van der Waals surface area contributed by atoms with Gasteiger partial charge in [0.05, 0.1) is 7.11 Å². The highest BCUT2D eigenvalue weighted by molar-refractivity contribution is 6.11. The number of nitrogens with one attached hydrogen (secondary N) is 1. The number of ketones is 1. The first kappa shape index (κ1) is 20.9. The molecule has 0 saturated heterocycles. The number of esters is 1. The van der Waals surface area contributed by atoms with Crippen LogP contribution in [0.2, 0.25) is 0 Å². The van der Waals surface area contributed by atoms with Crippen LogP contribution in [-0.2, 0) is 20.7 Å². The number of carbonyl (C=O) groups is 2. The topological polar surface area (TPSA) is 81.4 Å². The van der Waals surface area contributed by atoms with E-state index in [0.717, 1.165) is 11.1 Å². The third-order valence-electron chi connectivity index (χ3n) is 5.30. The smallest absolute Gasteiger partial charge is 0.331 e. The minimum atomic E-state index is -1.54. The van der Waals surface area contributed by atoms with Gasteiger partial charge in [-0.05, 0) is 31.7 Å². The maximum atomic E-state index is 13.5. The predicted octanol–water partition coefficient (Wildman–Crippen LogP) is 2.91. The molecule has 2 atom stereocenters. The van der Waals surface area contributed by atoms with E-state index in [9.17, 15) is 9.59 Å². The first-order valence-corrected chi connectivity index (χ1v) is 9.25. The molecule has 0 bridgehead atoms. The number of allylic oxidation sites excluding steroid dienone is 1. The van der Waals surface area contributed by atoms with Gasteiger partial charge in [0.2, 0.25) is 0 Å². The van der Waals surface area contributed by atoms with E-state index in [1.54, 1.807) is 6.20 Å². The molecular formula is C22H30N2O3. The molecule has 1 aliphatic heterocycles. The fourth-order valence-electron chi connectivity index (χ4n) is 3.46. The summed E-state index contributed by atoms with van der Waals surface area (Å²) in [5, 5.41) is 3.25. The summed E-state index contributed by atoms with van der Waals surface area (Å²) in [6.45, 7) is 7.99. The summed E-state index contributed by atoms with van der Waals surface area (Å²) in [6.07, 6.45) is 4.38. The molecule has 1 aromatic rings. The van der Waals surface area contributed by atoms with Crippen molar-refractivity contribution in [2.24, 2.45) is 11.7 Å². The van der Waals surface area contributed by atoms with E-state index in [2.05, 4.69) is 5.32 Å². The Morgan fingerprint density at radius 3 is 2.44 bits per heavy atom. The second kappa shape index (κ2) is 8.09. The van der Waals surface area contributed by atoms with Crippen LogP contribution >= 0.6 is 0 Å². The Bertz CT molecular complexity index is 763. The molecule has 146 valence electrons. The maximum absolute atomic E-state index is 13.5. The van der Waals surface area contributed by atoms with Crippen LogP contribution in [0, 0.1) is 5.92 Å². The van der Waals surface area contributed by atoms with Gasteiger partial charge in [-0.2, -0.15) is 0 Å². The Hall–Kier alpha value is -2.40. The van der Waals surface area contributed by atoms with Gasteiger partial charge in [-0.25, -0.2) is 4.79 Å². The number of rotatable bonds is 7. The lowest BCUT2D eigenvalue weighted by Gasteiger charge is -2.34. The fraction of sp³-hybridized carbons (Fsp3) is 0.455. The van der Waals surface area contributed by atoms with Crippen LogP contribution in [0.15, 0.2) is 53.8 Å². The molecule has 1 aliphatic rings. The van der Waals surface area contributed by atoms with Crippen molar-refractivity contribution in [3.63, 3.8) is 0 Å². The van der Waals surface area contributed by atoms with E-state index >= 15 is 0 Å². The number of nitrogens with two attached hydrogens (primary N) is 1. The Kier molecular flexibility index (Phi) is 6.26. The quantitative estimate of drug-likeness (QED) is 0.570. The summed E-state index contributed by atoms with van der Waals surface area (Å²) >= 11 is 0. The summed E-state index contributed by atoms with van der Waals surface area (Å²) in [5.74, 6) is -0.735. The lowest BCUT2D eigenvalue weighted by Crippen LogP contribution is -2.57. The summed E-state index contributed by atoms with van der Waals surface area (Å²) in [7, 11) is 1.29. The minimum Gasteiger partial charge on any atom is -0.467 e. The van der Waals surface area contributed by atoms with Crippen molar-refractivity contribution in [3.05, 3.63) is 59.3 Å². The zero-order chi connectivity index (χ0) is 20.2. The van der Waals surface area contributed by atoms with Gasteiger partial charge in [-0.15, -0.1) is 0 Å². The molecule has 0 radical (unpaired) electrons. The number of benzene rings is 1. The Morgan fingerprint density at radius 1 is 1.30 bits per heavy atom. The van der Waals surface area contributed by atoms with Gasteiger partial charge in [0, 0.05) is 18.2 Å². The molecule has 0 aliphatic carbocycles. The van der Waals surface area contributed by atoms with Crippen LogP contribution in [-0.4, -0.2) is 29.9 Å². The van der Waals surface area contributed by atoms with Gasteiger partial charge in [-0.1, -0.05) is 55.8 Å². The van der Waals surface area contributed by atoms with Gasteiger partial charge in [0.15, 0.2) is 5.78 Å². The summed E-state index contributed by atoms with van der Waals surface area (Å²) < 4.78 is 4.98. The maximum Gasteiger partial charge on any atom is 0.331 e. The summed E-state index contributed by atoms with van der Waals surface area (Å²) in [6, 6.07) is 9.42. The normalized spacial score (nSPS) is 21.3. The Labute approximate surface area is 161 Å². The first-order valence-electron chi connectivity index (χ1n) is 9.25.